The average Bonchev–Trinajstić information content (AvgIpc) is 3.05. The van der Waals surface area contributed by atoms with Gasteiger partial charge in [-0.1, -0.05) is 35.9 Å². The number of nitrogens with zero attached hydrogens (tertiary/aromatic N) is 1. The van der Waals surface area contributed by atoms with Crippen LogP contribution in [0, 0.1) is 0 Å². The smallest absolute Gasteiger partial charge is 0.272 e. The number of rotatable bonds is 12. The highest BCUT2D eigenvalue weighted by Crippen LogP contribution is 2.36. The molecule has 0 spiro atoms. The number of ether oxygens (including phenoxy) is 3. The third-order valence-electron chi connectivity index (χ3n) is 6.32. The molecule has 4 aromatic rings. The number of methoxy groups -OCH3 is 3. The lowest BCUT2D eigenvalue weighted by atomic mass is 10.1. The van der Waals surface area contributed by atoms with E-state index in [1.807, 2.05) is 6.07 Å². The summed E-state index contributed by atoms with van der Waals surface area (Å²) in [6.45, 7) is 1.76. The van der Waals surface area contributed by atoms with Crippen molar-refractivity contribution in [3.63, 3.8) is 0 Å². The number of thioether (sulfide) groups is 1. The molecule has 1 unspecified atom stereocenters. The third-order valence-corrected chi connectivity index (χ3v) is 7.63. The van der Waals surface area contributed by atoms with Crippen LogP contribution in [-0.2, 0) is 9.59 Å². The highest BCUT2D eigenvalue weighted by molar-refractivity contribution is 8.00. The van der Waals surface area contributed by atoms with Crippen LogP contribution in [0.5, 0.6) is 17.2 Å². The molecule has 12 heteroatoms. The molecule has 3 aromatic carbocycles. The van der Waals surface area contributed by atoms with Crippen molar-refractivity contribution in [2.24, 2.45) is 0 Å². The normalized spacial score (nSPS) is 11.6. The summed E-state index contributed by atoms with van der Waals surface area (Å²) in [5, 5.41) is 8.30. The van der Waals surface area contributed by atoms with Crippen molar-refractivity contribution in [2.45, 2.75) is 17.1 Å². The molecule has 3 amide bonds. The van der Waals surface area contributed by atoms with Gasteiger partial charge in [0.25, 0.3) is 11.8 Å². The van der Waals surface area contributed by atoms with Gasteiger partial charge in [0.2, 0.25) is 5.91 Å². The molecule has 45 heavy (non-hydrogen) atoms. The summed E-state index contributed by atoms with van der Waals surface area (Å²) < 4.78 is 16.3. The van der Waals surface area contributed by atoms with E-state index >= 15 is 0 Å². The minimum absolute atomic E-state index is 0.0457. The third kappa shape index (κ3) is 9.01. The summed E-state index contributed by atoms with van der Waals surface area (Å²) in [4.78, 5) is 44.3. The molecule has 0 aliphatic heterocycles. The molecule has 3 N–H and O–H groups in total. The Morgan fingerprint density at radius 3 is 2.22 bits per heavy atom. The van der Waals surface area contributed by atoms with Crippen LogP contribution < -0.4 is 30.2 Å². The van der Waals surface area contributed by atoms with Crippen molar-refractivity contribution < 1.29 is 28.6 Å². The van der Waals surface area contributed by atoms with E-state index in [0.29, 0.717) is 44.9 Å². The molecule has 10 nitrogen and oxygen atoms in total. The Balaban J connectivity index is 1.57. The summed E-state index contributed by atoms with van der Waals surface area (Å²) in [7, 11) is 4.48. The second-order valence-corrected chi connectivity index (χ2v) is 11.3. The molecule has 0 aliphatic rings. The molecule has 0 radical (unpaired) electrons. The molecule has 1 aromatic heterocycles. The van der Waals surface area contributed by atoms with Gasteiger partial charge >= 0.3 is 0 Å². The summed E-state index contributed by atoms with van der Waals surface area (Å²) in [6.07, 6.45) is 2.94. The standard InChI is InChI=1S/C33H31ClN4O6S/c1-20(31(39)38-30-14-13-23(34)19-35-30)45-25-12-8-11-24(17-25)36-33(41)26(37-32(40)21-9-6-5-7-10-21)15-22-16-28(43-3)29(44-4)18-27(22)42-2/h5-20H,1-4H3,(H,36,41)(H,37,40)(H,35,38,39)/b26-15+. The van der Waals surface area contributed by atoms with Crippen molar-refractivity contribution in [3.8, 4) is 17.2 Å². The SMILES string of the molecule is COc1cc(OC)c(OC)cc1/C=C(/NC(=O)c1ccccc1)C(=O)Nc1cccc(SC(C)C(=O)Nc2ccc(Cl)cn2)c1. The number of pyridine rings is 1. The van der Waals surface area contributed by atoms with Crippen molar-refractivity contribution >= 4 is 58.7 Å². The van der Waals surface area contributed by atoms with Gasteiger partial charge in [0.05, 0.1) is 31.6 Å². The van der Waals surface area contributed by atoms with E-state index in [0.717, 1.165) is 4.90 Å². The number of aromatic nitrogens is 1. The molecule has 1 atom stereocenters. The second kappa shape index (κ2) is 15.6. The first-order valence-electron chi connectivity index (χ1n) is 13.6. The molecule has 4 rings (SSSR count). The Labute approximate surface area is 270 Å². The van der Waals surface area contributed by atoms with Gasteiger partial charge in [-0.3, -0.25) is 14.4 Å². The fourth-order valence-corrected chi connectivity index (χ4v) is 5.08. The topological polar surface area (TPSA) is 128 Å². The number of hydrogen-bond acceptors (Lipinski definition) is 8. The molecule has 232 valence electrons. The average molecular weight is 647 g/mol. The number of nitrogens with one attached hydrogen (secondary N) is 3. The van der Waals surface area contributed by atoms with Gasteiger partial charge in [0.15, 0.2) is 11.5 Å². The molecule has 0 aliphatic carbocycles. The van der Waals surface area contributed by atoms with E-state index < -0.39 is 17.1 Å². The fraction of sp³-hybridized carbons (Fsp3) is 0.152. The maximum absolute atomic E-state index is 13.7. The van der Waals surface area contributed by atoms with Gasteiger partial charge in [0.1, 0.15) is 17.3 Å². The number of amides is 3. The summed E-state index contributed by atoms with van der Waals surface area (Å²) >= 11 is 7.17. The molecule has 0 saturated carbocycles. The van der Waals surface area contributed by atoms with Gasteiger partial charge in [-0.25, -0.2) is 4.98 Å². The van der Waals surface area contributed by atoms with Gasteiger partial charge in [-0.2, -0.15) is 0 Å². The van der Waals surface area contributed by atoms with Crippen LogP contribution in [0.15, 0.2) is 95.7 Å². The maximum atomic E-state index is 13.7. The first kappa shape index (κ1) is 32.9. The number of hydrogen-bond donors (Lipinski definition) is 3. The van der Waals surface area contributed by atoms with Crippen LogP contribution in [0.4, 0.5) is 11.5 Å². The maximum Gasteiger partial charge on any atom is 0.272 e. The Kier molecular flexibility index (Phi) is 11.4. The van der Waals surface area contributed by atoms with E-state index in [1.54, 1.807) is 79.7 Å². The predicted molar refractivity (Wildman–Crippen MR) is 176 cm³/mol. The van der Waals surface area contributed by atoms with E-state index in [-0.39, 0.29) is 11.6 Å². The summed E-state index contributed by atoms with van der Waals surface area (Å²) in [5.41, 5.74) is 1.25. The van der Waals surface area contributed by atoms with Crippen LogP contribution >= 0.6 is 23.4 Å². The Morgan fingerprint density at radius 2 is 1.56 bits per heavy atom. The van der Waals surface area contributed by atoms with Crippen LogP contribution in [-0.4, -0.2) is 49.3 Å². The molecular weight excluding hydrogens is 616 g/mol. The molecule has 0 bridgehead atoms. The van der Waals surface area contributed by atoms with Crippen molar-refractivity contribution in [1.82, 2.24) is 10.3 Å². The number of carbonyl (C=O) groups is 3. The molecule has 1 heterocycles. The number of carbonyl (C=O) groups excluding carboxylic acids is 3. The van der Waals surface area contributed by atoms with Gasteiger partial charge in [0, 0.05) is 34.0 Å². The lowest BCUT2D eigenvalue weighted by Crippen LogP contribution is -2.30. The van der Waals surface area contributed by atoms with E-state index in [9.17, 15) is 14.4 Å². The summed E-state index contributed by atoms with van der Waals surface area (Å²) in [5.74, 6) is 0.323. The van der Waals surface area contributed by atoms with Crippen molar-refractivity contribution in [2.75, 3.05) is 32.0 Å². The number of benzene rings is 3. The lowest BCUT2D eigenvalue weighted by molar-refractivity contribution is -0.115. The fourth-order valence-electron chi connectivity index (χ4n) is 4.04. The van der Waals surface area contributed by atoms with Gasteiger partial charge in [-0.05, 0) is 61.5 Å². The first-order chi connectivity index (χ1) is 21.7. The number of anilines is 2. The van der Waals surface area contributed by atoms with Crippen LogP contribution in [0.3, 0.4) is 0 Å². The highest BCUT2D eigenvalue weighted by Gasteiger charge is 2.19. The van der Waals surface area contributed by atoms with Crippen LogP contribution in [0.25, 0.3) is 6.08 Å². The largest absolute Gasteiger partial charge is 0.496 e. The molecule has 0 fully saturated rings. The Hall–Kier alpha value is -5.00. The first-order valence-corrected chi connectivity index (χ1v) is 14.8. The Bertz CT molecular complexity index is 1700. The molecular formula is C33H31ClN4O6S. The highest BCUT2D eigenvalue weighted by atomic mass is 35.5. The second-order valence-electron chi connectivity index (χ2n) is 9.42. The van der Waals surface area contributed by atoms with Crippen molar-refractivity contribution in [3.05, 3.63) is 107 Å². The van der Waals surface area contributed by atoms with Crippen molar-refractivity contribution in [1.29, 1.82) is 0 Å². The van der Waals surface area contributed by atoms with E-state index in [2.05, 4.69) is 20.9 Å². The minimum atomic E-state index is -0.585. The zero-order valence-electron chi connectivity index (χ0n) is 24.9. The zero-order valence-corrected chi connectivity index (χ0v) is 26.5. The minimum Gasteiger partial charge on any atom is -0.496 e. The predicted octanol–water partition coefficient (Wildman–Crippen LogP) is 6.29. The van der Waals surface area contributed by atoms with Crippen LogP contribution in [0.2, 0.25) is 5.02 Å². The Morgan fingerprint density at radius 1 is 0.844 bits per heavy atom. The van der Waals surface area contributed by atoms with E-state index in [1.165, 1.54) is 45.4 Å². The quantitative estimate of drug-likeness (QED) is 0.121. The van der Waals surface area contributed by atoms with E-state index in [4.69, 9.17) is 25.8 Å². The summed E-state index contributed by atoms with van der Waals surface area (Å²) in [6, 6.07) is 22.1. The lowest BCUT2D eigenvalue weighted by Gasteiger charge is -2.15. The zero-order chi connectivity index (χ0) is 32.3. The monoisotopic (exact) mass is 646 g/mol. The van der Waals surface area contributed by atoms with Gasteiger partial charge < -0.3 is 30.2 Å². The number of halogens is 1. The van der Waals surface area contributed by atoms with Crippen LogP contribution in [0.1, 0.15) is 22.8 Å². The molecule has 0 saturated heterocycles. The van der Waals surface area contributed by atoms with Gasteiger partial charge in [-0.15, -0.1) is 11.8 Å².